The van der Waals surface area contributed by atoms with Crippen molar-refractivity contribution in [1.29, 1.82) is 0 Å². The van der Waals surface area contributed by atoms with E-state index in [9.17, 15) is 4.79 Å². The minimum atomic E-state index is -0.366. The highest BCUT2D eigenvalue weighted by atomic mass is 32.1. The maximum Gasteiger partial charge on any atom is 0.232 e. The summed E-state index contributed by atoms with van der Waals surface area (Å²) in [7, 11) is 1.76. The predicted molar refractivity (Wildman–Crippen MR) is 80.6 cm³/mol. The highest BCUT2D eigenvalue weighted by Crippen LogP contribution is 2.12. The molecule has 0 aromatic carbocycles. The van der Waals surface area contributed by atoms with E-state index in [0.717, 1.165) is 17.8 Å². The van der Waals surface area contributed by atoms with Crippen molar-refractivity contribution in [2.24, 2.45) is 11.7 Å². The van der Waals surface area contributed by atoms with Crippen molar-refractivity contribution in [2.75, 3.05) is 7.05 Å². The van der Waals surface area contributed by atoms with E-state index in [1.807, 2.05) is 32.0 Å². The fourth-order valence-electron chi connectivity index (χ4n) is 1.95. The Morgan fingerprint density at radius 1 is 1.53 bits per heavy atom. The molecule has 0 aliphatic carbocycles. The Balaban J connectivity index is 2.73. The molecule has 0 spiro atoms. The van der Waals surface area contributed by atoms with Gasteiger partial charge in [-0.1, -0.05) is 31.6 Å². The lowest BCUT2D eigenvalue weighted by Crippen LogP contribution is -2.38. The van der Waals surface area contributed by atoms with Crippen molar-refractivity contribution in [3.8, 4) is 0 Å². The molecule has 1 rings (SSSR count). The molecular formula is C14H21N3OS. The Kier molecular flexibility index (Phi) is 5.89. The maximum absolute atomic E-state index is 12.3. The Morgan fingerprint density at radius 2 is 2.21 bits per heavy atom. The van der Waals surface area contributed by atoms with E-state index in [0.29, 0.717) is 13.0 Å². The molecule has 0 aliphatic heterocycles. The summed E-state index contributed by atoms with van der Waals surface area (Å²) in [6, 6.07) is 5.78. The van der Waals surface area contributed by atoms with Gasteiger partial charge in [0.05, 0.1) is 23.1 Å². The highest BCUT2D eigenvalue weighted by molar-refractivity contribution is 7.80. The molecule has 0 saturated heterocycles. The van der Waals surface area contributed by atoms with Gasteiger partial charge in [-0.05, 0) is 25.5 Å². The molecular weight excluding hydrogens is 258 g/mol. The third kappa shape index (κ3) is 4.59. The van der Waals surface area contributed by atoms with E-state index >= 15 is 0 Å². The Bertz CT molecular complexity index is 462. The molecule has 19 heavy (non-hydrogen) atoms. The molecule has 1 aromatic heterocycles. The molecule has 4 nitrogen and oxygen atoms in total. The van der Waals surface area contributed by atoms with Gasteiger partial charge in [0.1, 0.15) is 0 Å². The number of hydrogen-bond donors (Lipinski definition) is 1. The van der Waals surface area contributed by atoms with Crippen LogP contribution in [0.4, 0.5) is 0 Å². The van der Waals surface area contributed by atoms with Crippen LogP contribution in [0.2, 0.25) is 0 Å². The molecule has 0 saturated carbocycles. The van der Waals surface area contributed by atoms with E-state index in [2.05, 4.69) is 4.98 Å². The number of pyridine rings is 1. The summed E-state index contributed by atoms with van der Waals surface area (Å²) in [5.41, 5.74) is 7.46. The SMILES string of the molecule is CCCC(C(=O)N(C)Cc1cccc(C)n1)C(N)=S. The van der Waals surface area contributed by atoms with Crippen molar-refractivity contribution in [1.82, 2.24) is 9.88 Å². The first-order valence-electron chi connectivity index (χ1n) is 6.42. The fourth-order valence-corrected chi connectivity index (χ4v) is 2.17. The first-order valence-corrected chi connectivity index (χ1v) is 6.83. The molecule has 0 fully saturated rings. The standard InChI is InChI=1S/C14H21N3OS/c1-4-6-12(13(15)19)14(18)17(3)9-11-8-5-7-10(2)16-11/h5,7-8,12H,4,6,9H2,1-3H3,(H2,15,19). The van der Waals surface area contributed by atoms with Crippen LogP contribution in [0.1, 0.15) is 31.2 Å². The molecule has 2 N–H and O–H groups in total. The van der Waals surface area contributed by atoms with Crippen LogP contribution < -0.4 is 5.73 Å². The Labute approximate surface area is 120 Å². The van der Waals surface area contributed by atoms with Crippen molar-refractivity contribution in [2.45, 2.75) is 33.2 Å². The molecule has 0 bridgehead atoms. The number of hydrogen-bond acceptors (Lipinski definition) is 3. The summed E-state index contributed by atoms with van der Waals surface area (Å²) in [5, 5.41) is 0. The van der Waals surface area contributed by atoms with Gasteiger partial charge < -0.3 is 10.6 Å². The number of thiocarbonyl (C=S) groups is 1. The monoisotopic (exact) mass is 279 g/mol. The van der Waals surface area contributed by atoms with Crippen LogP contribution in [0.3, 0.4) is 0 Å². The lowest BCUT2D eigenvalue weighted by Gasteiger charge is -2.22. The van der Waals surface area contributed by atoms with Gasteiger partial charge in [0.2, 0.25) is 5.91 Å². The number of amides is 1. The smallest absolute Gasteiger partial charge is 0.232 e. The zero-order valence-corrected chi connectivity index (χ0v) is 12.5. The molecule has 1 amide bonds. The average Bonchev–Trinajstić information content (AvgIpc) is 2.34. The van der Waals surface area contributed by atoms with E-state index < -0.39 is 0 Å². The number of carbonyl (C=O) groups excluding carboxylic acids is 1. The number of aryl methyl sites for hydroxylation is 1. The molecule has 1 unspecified atom stereocenters. The summed E-state index contributed by atoms with van der Waals surface area (Å²) in [6.45, 7) is 4.42. The zero-order chi connectivity index (χ0) is 14.4. The first-order chi connectivity index (χ1) is 8.95. The highest BCUT2D eigenvalue weighted by Gasteiger charge is 2.23. The molecule has 104 valence electrons. The lowest BCUT2D eigenvalue weighted by molar-refractivity contribution is -0.132. The Morgan fingerprint density at radius 3 is 2.74 bits per heavy atom. The van der Waals surface area contributed by atoms with Gasteiger partial charge >= 0.3 is 0 Å². The van der Waals surface area contributed by atoms with Crippen LogP contribution in [-0.4, -0.2) is 27.8 Å². The van der Waals surface area contributed by atoms with E-state index in [-0.39, 0.29) is 16.8 Å². The van der Waals surface area contributed by atoms with Crippen LogP contribution in [0.15, 0.2) is 18.2 Å². The van der Waals surface area contributed by atoms with Crippen molar-refractivity contribution in [3.63, 3.8) is 0 Å². The van der Waals surface area contributed by atoms with E-state index in [4.69, 9.17) is 18.0 Å². The maximum atomic E-state index is 12.3. The van der Waals surface area contributed by atoms with Crippen molar-refractivity contribution in [3.05, 3.63) is 29.6 Å². The topological polar surface area (TPSA) is 59.2 Å². The second kappa shape index (κ2) is 7.19. The third-order valence-electron chi connectivity index (χ3n) is 2.94. The minimum Gasteiger partial charge on any atom is -0.393 e. The average molecular weight is 279 g/mol. The number of nitrogens with two attached hydrogens (primary N) is 1. The molecule has 0 aliphatic rings. The minimum absolute atomic E-state index is 0.0299. The van der Waals surface area contributed by atoms with Gasteiger partial charge in [-0.2, -0.15) is 0 Å². The van der Waals surface area contributed by atoms with Gasteiger partial charge in [-0.15, -0.1) is 0 Å². The number of carbonyl (C=O) groups is 1. The number of nitrogens with zero attached hydrogens (tertiary/aromatic N) is 2. The normalized spacial score (nSPS) is 11.9. The summed E-state index contributed by atoms with van der Waals surface area (Å²) < 4.78 is 0. The Hall–Kier alpha value is -1.49. The number of aromatic nitrogens is 1. The second-order valence-electron chi connectivity index (χ2n) is 4.71. The van der Waals surface area contributed by atoms with Gasteiger partial charge in [0.25, 0.3) is 0 Å². The van der Waals surface area contributed by atoms with Gasteiger partial charge in [-0.25, -0.2) is 0 Å². The van der Waals surface area contributed by atoms with Crippen molar-refractivity contribution >= 4 is 23.1 Å². The van der Waals surface area contributed by atoms with Crippen molar-refractivity contribution < 1.29 is 4.79 Å². The summed E-state index contributed by atoms with van der Waals surface area (Å²) in [5.74, 6) is -0.396. The summed E-state index contributed by atoms with van der Waals surface area (Å²) in [4.78, 5) is 18.6. The first kappa shape index (κ1) is 15.6. The molecule has 1 aromatic rings. The quantitative estimate of drug-likeness (QED) is 0.810. The molecule has 0 radical (unpaired) electrons. The van der Waals surface area contributed by atoms with E-state index in [1.54, 1.807) is 11.9 Å². The third-order valence-corrected chi connectivity index (χ3v) is 3.22. The predicted octanol–water partition coefficient (Wildman–Crippen LogP) is 2.05. The van der Waals surface area contributed by atoms with Crippen LogP contribution >= 0.6 is 12.2 Å². The fraction of sp³-hybridized carbons (Fsp3) is 0.500. The van der Waals surface area contributed by atoms with Crippen LogP contribution in [0.5, 0.6) is 0 Å². The molecule has 1 heterocycles. The summed E-state index contributed by atoms with van der Waals surface area (Å²) in [6.07, 6.45) is 1.57. The van der Waals surface area contributed by atoms with Gasteiger partial charge in [0.15, 0.2) is 0 Å². The molecule has 5 heteroatoms. The zero-order valence-electron chi connectivity index (χ0n) is 11.7. The van der Waals surface area contributed by atoms with Crippen LogP contribution in [-0.2, 0) is 11.3 Å². The van der Waals surface area contributed by atoms with Crippen LogP contribution in [0.25, 0.3) is 0 Å². The largest absolute Gasteiger partial charge is 0.393 e. The van der Waals surface area contributed by atoms with Crippen LogP contribution in [0, 0.1) is 12.8 Å². The number of rotatable bonds is 6. The van der Waals surface area contributed by atoms with E-state index in [1.165, 1.54) is 0 Å². The second-order valence-corrected chi connectivity index (χ2v) is 5.18. The summed E-state index contributed by atoms with van der Waals surface area (Å²) >= 11 is 4.98. The van der Waals surface area contributed by atoms with Gasteiger partial charge in [-0.3, -0.25) is 9.78 Å². The van der Waals surface area contributed by atoms with Gasteiger partial charge in [0, 0.05) is 12.7 Å². The molecule has 1 atom stereocenters. The lowest BCUT2D eigenvalue weighted by atomic mass is 10.0.